The Bertz CT molecular complexity index is 901. The number of carbonyl (C=O) groups is 1. The number of halogens is 2. The zero-order valence-electron chi connectivity index (χ0n) is 14.0. The van der Waals surface area contributed by atoms with Crippen LogP contribution in [0.2, 0.25) is 10.0 Å². The van der Waals surface area contributed by atoms with Crippen molar-refractivity contribution in [1.29, 1.82) is 0 Å². The van der Waals surface area contributed by atoms with Crippen LogP contribution in [0.25, 0.3) is 0 Å². The summed E-state index contributed by atoms with van der Waals surface area (Å²) in [7, 11) is 0. The minimum Gasteiger partial charge on any atom is -0.320 e. The van der Waals surface area contributed by atoms with E-state index in [0.29, 0.717) is 33.8 Å². The summed E-state index contributed by atoms with van der Waals surface area (Å²) in [5.41, 5.74) is 1.75. The fourth-order valence-corrected chi connectivity index (χ4v) is 2.77. The molecule has 5 nitrogen and oxygen atoms in total. The van der Waals surface area contributed by atoms with Crippen molar-refractivity contribution in [2.24, 2.45) is 0 Å². The van der Waals surface area contributed by atoms with Crippen LogP contribution < -0.4 is 10.2 Å². The fourth-order valence-electron chi connectivity index (χ4n) is 2.42. The van der Waals surface area contributed by atoms with Gasteiger partial charge in [-0.25, -0.2) is 9.97 Å². The minimum atomic E-state index is -0.358. The van der Waals surface area contributed by atoms with E-state index in [9.17, 15) is 4.79 Å². The number of amides is 1. The molecule has 1 heterocycles. The number of nitrogens with one attached hydrogen (secondary N) is 1. The van der Waals surface area contributed by atoms with Crippen LogP contribution in [0.4, 0.5) is 17.3 Å². The largest absolute Gasteiger partial charge is 0.320 e. The summed E-state index contributed by atoms with van der Waals surface area (Å²) in [6, 6.07) is 14.9. The van der Waals surface area contributed by atoms with Crippen LogP contribution in [0.1, 0.15) is 17.3 Å². The van der Waals surface area contributed by atoms with Crippen LogP contribution in [-0.2, 0) is 0 Å². The average Bonchev–Trinajstić information content (AvgIpc) is 2.67. The molecule has 0 unspecified atom stereocenters. The zero-order chi connectivity index (χ0) is 18.5. The van der Waals surface area contributed by atoms with Crippen molar-refractivity contribution in [2.75, 3.05) is 16.8 Å². The van der Waals surface area contributed by atoms with E-state index in [0.717, 1.165) is 5.69 Å². The maximum Gasteiger partial charge on any atom is 0.258 e. The third-order valence-electron chi connectivity index (χ3n) is 3.73. The highest BCUT2D eigenvalue weighted by Gasteiger charge is 2.14. The van der Waals surface area contributed by atoms with Gasteiger partial charge in [-0.1, -0.05) is 47.5 Å². The molecule has 1 aromatic heterocycles. The molecule has 0 radical (unpaired) electrons. The SMILES string of the molecule is CCN(c1ccccc1)c1ncc(C(=O)Nc2cccc(Cl)c2Cl)cn1. The van der Waals surface area contributed by atoms with Gasteiger partial charge >= 0.3 is 0 Å². The van der Waals surface area contributed by atoms with Crippen LogP contribution >= 0.6 is 23.2 Å². The number of aromatic nitrogens is 2. The van der Waals surface area contributed by atoms with Crippen molar-refractivity contribution in [1.82, 2.24) is 9.97 Å². The van der Waals surface area contributed by atoms with Gasteiger partial charge in [0.15, 0.2) is 0 Å². The van der Waals surface area contributed by atoms with Gasteiger partial charge in [-0.3, -0.25) is 4.79 Å². The van der Waals surface area contributed by atoms with E-state index >= 15 is 0 Å². The molecule has 1 N–H and O–H groups in total. The topological polar surface area (TPSA) is 58.1 Å². The summed E-state index contributed by atoms with van der Waals surface area (Å²) in [4.78, 5) is 23.0. The highest BCUT2D eigenvalue weighted by Crippen LogP contribution is 2.29. The number of anilines is 3. The van der Waals surface area contributed by atoms with E-state index in [1.807, 2.05) is 42.2 Å². The van der Waals surface area contributed by atoms with E-state index in [1.54, 1.807) is 18.2 Å². The van der Waals surface area contributed by atoms with Crippen LogP contribution in [0.15, 0.2) is 60.9 Å². The molecule has 0 aliphatic carbocycles. The molecule has 1 amide bonds. The Balaban J connectivity index is 1.78. The summed E-state index contributed by atoms with van der Waals surface area (Å²) >= 11 is 12.1. The Morgan fingerprint density at radius 1 is 1.04 bits per heavy atom. The van der Waals surface area contributed by atoms with Gasteiger partial charge in [0.05, 0.1) is 21.3 Å². The van der Waals surface area contributed by atoms with E-state index in [1.165, 1.54) is 12.4 Å². The molecule has 0 atom stereocenters. The second kappa shape index (κ2) is 8.17. The number of carbonyl (C=O) groups excluding carboxylic acids is 1. The van der Waals surface area contributed by atoms with Crippen molar-refractivity contribution < 1.29 is 4.79 Å². The number of para-hydroxylation sites is 1. The van der Waals surface area contributed by atoms with Crippen molar-refractivity contribution in [3.63, 3.8) is 0 Å². The molecule has 0 aliphatic rings. The number of nitrogens with zero attached hydrogens (tertiary/aromatic N) is 3. The molecule has 3 rings (SSSR count). The quantitative estimate of drug-likeness (QED) is 0.654. The number of rotatable bonds is 5. The molecule has 3 aromatic rings. The first-order valence-electron chi connectivity index (χ1n) is 8.00. The maximum absolute atomic E-state index is 12.4. The van der Waals surface area contributed by atoms with Gasteiger partial charge in [0, 0.05) is 24.6 Å². The number of benzene rings is 2. The smallest absolute Gasteiger partial charge is 0.258 e. The lowest BCUT2D eigenvalue weighted by Gasteiger charge is -2.20. The van der Waals surface area contributed by atoms with Gasteiger partial charge in [0.25, 0.3) is 5.91 Å². The van der Waals surface area contributed by atoms with E-state index in [2.05, 4.69) is 15.3 Å². The van der Waals surface area contributed by atoms with E-state index in [-0.39, 0.29) is 5.91 Å². The predicted molar refractivity (Wildman–Crippen MR) is 106 cm³/mol. The summed E-state index contributed by atoms with van der Waals surface area (Å²) in [6.45, 7) is 2.71. The standard InChI is InChI=1S/C19H16Cl2N4O/c1-2-25(14-7-4-3-5-8-14)19-22-11-13(12-23-19)18(26)24-16-10-6-9-15(20)17(16)21/h3-12H,2H2,1H3,(H,24,26). The average molecular weight is 387 g/mol. The normalized spacial score (nSPS) is 10.4. The van der Waals surface area contributed by atoms with Gasteiger partial charge < -0.3 is 10.2 Å². The highest BCUT2D eigenvalue weighted by atomic mass is 35.5. The Morgan fingerprint density at radius 3 is 2.38 bits per heavy atom. The van der Waals surface area contributed by atoms with Crippen molar-refractivity contribution in [3.05, 3.63) is 76.5 Å². The predicted octanol–water partition coefficient (Wildman–Crippen LogP) is 5.19. The molecule has 0 spiro atoms. The first-order valence-corrected chi connectivity index (χ1v) is 8.75. The third kappa shape index (κ3) is 3.95. The second-order valence-corrected chi connectivity index (χ2v) is 6.19. The monoisotopic (exact) mass is 386 g/mol. The third-order valence-corrected chi connectivity index (χ3v) is 4.54. The van der Waals surface area contributed by atoms with Crippen LogP contribution in [-0.4, -0.2) is 22.4 Å². The van der Waals surface area contributed by atoms with Crippen molar-refractivity contribution in [3.8, 4) is 0 Å². The molecule has 0 bridgehead atoms. The maximum atomic E-state index is 12.4. The van der Waals surface area contributed by atoms with Gasteiger partial charge in [0.2, 0.25) is 5.95 Å². The molecular formula is C19H16Cl2N4O. The molecule has 0 saturated carbocycles. The molecule has 2 aromatic carbocycles. The fraction of sp³-hybridized carbons (Fsp3) is 0.105. The lowest BCUT2D eigenvalue weighted by Crippen LogP contribution is -2.20. The summed E-state index contributed by atoms with van der Waals surface area (Å²) < 4.78 is 0. The first kappa shape index (κ1) is 18.2. The van der Waals surface area contributed by atoms with Crippen LogP contribution in [0.3, 0.4) is 0 Å². The molecular weight excluding hydrogens is 371 g/mol. The summed E-state index contributed by atoms with van der Waals surface area (Å²) in [5.74, 6) is 0.166. The minimum absolute atomic E-state index is 0.293. The number of hydrogen-bond acceptors (Lipinski definition) is 4. The molecule has 0 fully saturated rings. The number of hydrogen-bond donors (Lipinski definition) is 1. The lowest BCUT2D eigenvalue weighted by atomic mass is 10.2. The lowest BCUT2D eigenvalue weighted by molar-refractivity contribution is 0.102. The Kier molecular flexibility index (Phi) is 5.71. The van der Waals surface area contributed by atoms with Crippen LogP contribution in [0, 0.1) is 0 Å². The molecule has 26 heavy (non-hydrogen) atoms. The highest BCUT2D eigenvalue weighted by molar-refractivity contribution is 6.44. The molecule has 0 saturated heterocycles. The van der Waals surface area contributed by atoms with Gasteiger partial charge in [-0.15, -0.1) is 0 Å². The zero-order valence-corrected chi connectivity index (χ0v) is 15.5. The van der Waals surface area contributed by atoms with Gasteiger partial charge in [-0.2, -0.15) is 0 Å². The van der Waals surface area contributed by atoms with Crippen LogP contribution in [0.5, 0.6) is 0 Å². The van der Waals surface area contributed by atoms with Gasteiger partial charge in [0.1, 0.15) is 0 Å². The van der Waals surface area contributed by atoms with Crippen molar-refractivity contribution >= 4 is 46.4 Å². The Morgan fingerprint density at radius 2 is 1.73 bits per heavy atom. The summed E-state index contributed by atoms with van der Waals surface area (Å²) in [5, 5.41) is 3.38. The second-order valence-electron chi connectivity index (χ2n) is 5.41. The first-order chi connectivity index (χ1) is 12.6. The van der Waals surface area contributed by atoms with E-state index < -0.39 is 0 Å². The summed E-state index contributed by atoms with van der Waals surface area (Å²) in [6.07, 6.45) is 2.98. The van der Waals surface area contributed by atoms with E-state index in [4.69, 9.17) is 23.2 Å². The molecule has 7 heteroatoms. The van der Waals surface area contributed by atoms with Gasteiger partial charge in [-0.05, 0) is 31.2 Å². The Labute approximate surface area is 161 Å². The molecule has 0 aliphatic heterocycles. The Hall–Kier alpha value is -2.63. The molecule has 132 valence electrons. The van der Waals surface area contributed by atoms with Crippen molar-refractivity contribution in [2.45, 2.75) is 6.92 Å².